The molecule has 0 amide bonds. The second-order valence-corrected chi connectivity index (χ2v) is 4.39. The molecule has 0 spiro atoms. The third-order valence-electron chi connectivity index (χ3n) is 2.81. The van der Waals surface area contributed by atoms with Crippen LogP contribution in [-0.2, 0) is 14.3 Å². The van der Waals surface area contributed by atoms with Crippen molar-refractivity contribution in [1.29, 1.82) is 0 Å². The van der Waals surface area contributed by atoms with Crippen molar-refractivity contribution in [3.63, 3.8) is 0 Å². The van der Waals surface area contributed by atoms with Gasteiger partial charge in [-0.3, -0.25) is 0 Å². The molecule has 1 heterocycles. The molecule has 8 heteroatoms. The summed E-state index contributed by atoms with van der Waals surface area (Å²) < 4.78 is 30.5. The quantitative estimate of drug-likeness (QED) is 0.459. The second-order valence-electron chi connectivity index (χ2n) is 4.39. The summed E-state index contributed by atoms with van der Waals surface area (Å²) in [6.07, 6.45) is 1.82. The number of carbonyl (C=O) groups excluding carboxylic acids is 1. The number of carbonyl (C=O) groups is 2. The number of nitrogens with zero attached hydrogens (tertiary/aromatic N) is 1. The molecule has 116 valence electrons. The molecule has 0 aromatic heterocycles. The Kier molecular flexibility index (Phi) is 8.33. The number of likely N-dealkylation sites (tertiary alicyclic amines) is 1. The Balaban J connectivity index is 0.00000361. The Morgan fingerprint density at radius 1 is 1.25 bits per heavy atom. The van der Waals surface area contributed by atoms with E-state index >= 15 is 0 Å². The van der Waals surface area contributed by atoms with Gasteiger partial charge in [-0.15, -0.1) is 12.4 Å². The molecule has 1 saturated heterocycles. The second kappa shape index (κ2) is 8.86. The molecule has 1 aliphatic heterocycles. The highest BCUT2D eigenvalue weighted by molar-refractivity contribution is 5.90. The summed E-state index contributed by atoms with van der Waals surface area (Å²) in [4.78, 5) is 23.0. The van der Waals surface area contributed by atoms with Crippen molar-refractivity contribution in [3.8, 4) is 0 Å². The van der Waals surface area contributed by atoms with E-state index in [1.165, 1.54) is 0 Å². The van der Waals surface area contributed by atoms with E-state index in [-0.39, 0.29) is 31.9 Å². The molecule has 0 unspecified atom stereocenters. The molecule has 20 heavy (non-hydrogen) atoms. The lowest BCUT2D eigenvalue weighted by Gasteiger charge is -2.31. The van der Waals surface area contributed by atoms with Gasteiger partial charge in [0.05, 0.1) is 6.61 Å². The molecular weight excluding hydrogens is 296 g/mol. The lowest BCUT2D eigenvalue weighted by Crippen LogP contribution is -2.40. The van der Waals surface area contributed by atoms with Crippen molar-refractivity contribution in [2.75, 3.05) is 26.2 Å². The Labute approximate surface area is 122 Å². The number of piperidine rings is 1. The first kappa shape index (κ1) is 18.8. The number of hydrogen-bond donors (Lipinski definition) is 1. The van der Waals surface area contributed by atoms with Crippen LogP contribution in [0.4, 0.5) is 8.78 Å². The van der Waals surface area contributed by atoms with E-state index in [0.717, 1.165) is 6.08 Å². The van der Waals surface area contributed by atoms with E-state index in [2.05, 4.69) is 0 Å². The molecule has 0 radical (unpaired) electrons. The molecule has 0 atom stereocenters. The normalized spacial score (nSPS) is 18.5. The zero-order chi connectivity index (χ0) is 14.3. The van der Waals surface area contributed by atoms with Crippen LogP contribution in [0.5, 0.6) is 0 Å². The molecule has 0 saturated carbocycles. The summed E-state index contributed by atoms with van der Waals surface area (Å²) in [7, 11) is 0. The summed E-state index contributed by atoms with van der Waals surface area (Å²) in [5.74, 6) is -4.48. The number of rotatable bonds is 6. The number of halogens is 3. The standard InChI is InChI=1S/C12H17F2NO4.ClH/c13-12(14)4-7-15(8-5-12)6-1-9-19-11(18)3-2-10(16)17;/h2-3H,1,4-9H2,(H,16,17);1H/b3-2+;. The first-order valence-corrected chi connectivity index (χ1v) is 6.07. The fourth-order valence-electron chi connectivity index (χ4n) is 1.75. The zero-order valence-electron chi connectivity index (χ0n) is 10.9. The topological polar surface area (TPSA) is 66.8 Å². The molecule has 1 aliphatic rings. The van der Waals surface area contributed by atoms with E-state index in [1.54, 1.807) is 0 Å². The van der Waals surface area contributed by atoms with Gasteiger partial charge in [0.2, 0.25) is 0 Å². The maximum absolute atomic E-state index is 12.9. The van der Waals surface area contributed by atoms with E-state index in [9.17, 15) is 18.4 Å². The molecule has 0 aromatic rings. The van der Waals surface area contributed by atoms with Gasteiger partial charge in [0.1, 0.15) is 0 Å². The highest BCUT2D eigenvalue weighted by Gasteiger charge is 2.33. The van der Waals surface area contributed by atoms with Crippen LogP contribution in [0.2, 0.25) is 0 Å². The fourth-order valence-corrected chi connectivity index (χ4v) is 1.75. The number of carboxylic acid groups (broad SMARTS) is 1. The van der Waals surface area contributed by atoms with E-state index in [0.29, 0.717) is 32.1 Å². The maximum atomic E-state index is 12.9. The minimum atomic E-state index is -2.55. The largest absolute Gasteiger partial charge is 0.478 e. The van der Waals surface area contributed by atoms with Gasteiger partial charge in [-0.2, -0.15) is 0 Å². The Morgan fingerprint density at radius 2 is 1.85 bits per heavy atom. The Morgan fingerprint density at radius 3 is 2.40 bits per heavy atom. The van der Waals surface area contributed by atoms with E-state index in [4.69, 9.17) is 9.84 Å². The predicted molar refractivity (Wildman–Crippen MR) is 70.2 cm³/mol. The Bertz CT molecular complexity index is 353. The van der Waals surface area contributed by atoms with Gasteiger partial charge < -0.3 is 14.7 Å². The predicted octanol–water partition coefficient (Wildman–Crippen LogP) is 1.71. The summed E-state index contributed by atoms with van der Waals surface area (Å²) >= 11 is 0. The molecule has 1 rings (SSSR count). The molecular formula is C12H18ClF2NO4. The lowest BCUT2D eigenvalue weighted by molar-refractivity contribution is -0.139. The van der Waals surface area contributed by atoms with Crippen molar-refractivity contribution in [3.05, 3.63) is 12.2 Å². The van der Waals surface area contributed by atoms with Crippen LogP contribution >= 0.6 is 12.4 Å². The molecule has 1 fully saturated rings. The van der Waals surface area contributed by atoms with Gasteiger partial charge in [0.25, 0.3) is 5.92 Å². The highest BCUT2D eigenvalue weighted by Crippen LogP contribution is 2.27. The van der Waals surface area contributed by atoms with Crippen molar-refractivity contribution in [2.45, 2.75) is 25.2 Å². The van der Waals surface area contributed by atoms with Crippen LogP contribution in [0.3, 0.4) is 0 Å². The van der Waals surface area contributed by atoms with Gasteiger partial charge in [0.15, 0.2) is 0 Å². The van der Waals surface area contributed by atoms with Gasteiger partial charge in [-0.25, -0.2) is 18.4 Å². The minimum Gasteiger partial charge on any atom is -0.478 e. The van der Waals surface area contributed by atoms with Crippen molar-refractivity contribution in [2.24, 2.45) is 0 Å². The van der Waals surface area contributed by atoms with Crippen LogP contribution < -0.4 is 0 Å². The molecule has 1 N–H and O–H groups in total. The van der Waals surface area contributed by atoms with Crippen LogP contribution in [0.25, 0.3) is 0 Å². The third kappa shape index (κ3) is 8.06. The summed E-state index contributed by atoms with van der Waals surface area (Å²) in [6, 6.07) is 0. The monoisotopic (exact) mass is 313 g/mol. The number of ether oxygens (including phenoxy) is 1. The van der Waals surface area contributed by atoms with Gasteiger partial charge in [0, 0.05) is 44.6 Å². The first-order chi connectivity index (χ1) is 8.89. The third-order valence-corrected chi connectivity index (χ3v) is 2.81. The smallest absolute Gasteiger partial charge is 0.331 e. The number of carboxylic acids is 1. The maximum Gasteiger partial charge on any atom is 0.331 e. The molecule has 0 aliphatic carbocycles. The van der Waals surface area contributed by atoms with Gasteiger partial charge in [-0.1, -0.05) is 0 Å². The van der Waals surface area contributed by atoms with Crippen LogP contribution in [0.1, 0.15) is 19.3 Å². The number of alkyl halides is 2. The molecule has 0 aromatic carbocycles. The first-order valence-electron chi connectivity index (χ1n) is 6.07. The average Bonchev–Trinajstić information content (AvgIpc) is 2.34. The lowest BCUT2D eigenvalue weighted by atomic mass is 10.1. The SMILES string of the molecule is Cl.O=C(O)/C=C/C(=O)OCCCN1CCC(F)(F)CC1. The summed E-state index contributed by atoms with van der Waals surface area (Å²) in [5, 5.41) is 8.28. The van der Waals surface area contributed by atoms with Crippen LogP contribution in [0.15, 0.2) is 12.2 Å². The van der Waals surface area contributed by atoms with Crippen LogP contribution in [0, 0.1) is 0 Å². The van der Waals surface area contributed by atoms with Gasteiger partial charge >= 0.3 is 11.9 Å². The highest BCUT2D eigenvalue weighted by atomic mass is 35.5. The average molecular weight is 314 g/mol. The van der Waals surface area contributed by atoms with Crippen molar-refractivity contribution in [1.82, 2.24) is 4.90 Å². The van der Waals surface area contributed by atoms with E-state index < -0.39 is 17.9 Å². The summed E-state index contributed by atoms with van der Waals surface area (Å²) in [6.45, 7) is 1.43. The van der Waals surface area contributed by atoms with Crippen LogP contribution in [-0.4, -0.2) is 54.1 Å². The minimum absolute atomic E-state index is 0. The van der Waals surface area contributed by atoms with E-state index in [1.807, 2.05) is 4.90 Å². The van der Waals surface area contributed by atoms with Gasteiger partial charge in [-0.05, 0) is 6.42 Å². The Hall–Kier alpha value is -1.21. The number of hydrogen-bond acceptors (Lipinski definition) is 4. The molecule has 0 bridgehead atoms. The summed E-state index contributed by atoms with van der Waals surface area (Å²) in [5.41, 5.74) is 0. The molecule has 5 nitrogen and oxygen atoms in total. The van der Waals surface area contributed by atoms with Crippen molar-refractivity contribution >= 4 is 24.3 Å². The van der Waals surface area contributed by atoms with Crippen molar-refractivity contribution < 1.29 is 28.2 Å². The fraction of sp³-hybridized carbons (Fsp3) is 0.667. The number of esters is 1. The zero-order valence-corrected chi connectivity index (χ0v) is 11.7. The number of aliphatic carboxylic acids is 1.